The fourth-order valence-electron chi connectivity index (χ4n) is 2.10. The lowest BCUT2D eigenvalue weighted by Gasteiger charge is -2.19. The van der Waals surface area contributed by atoms with Crippen molar-refractivity contribution in [3.8, 4) is 0 Å². The number of nitro groups is 1. The summed E-state index contributed by atoms with van der Waals surface area (Å²) in [6.07, 6.45) is 1.83. The summed E-state index contributed by atoms with van der Waals surface area (Å²) in [6.45, 7) is 6.06. The lowest BCUT2D eigenvalue weighted by Crippen LogP contribution is -2.20. The summed E-state index contributed by atoms with van der Waals surface area (Å²) < 4.78 is 0. The zero-order valence-corrected chi connectivity index (χ0v) is 11.9. The standard InChI is InChI=1S/C14H20N2O4/c1-4-9(2)8-10(3)15-13-11(14(17)18)6-5-7-12(13)16(19)20/h5-7,9-10,15H,4,8H2,1-3H3,(H,17,18). The molecule has 0 aliphatic heterocycles. The highest BCUT2D eigenvalue weighted by atomic mass is 16.6. The molecule has 20 heavy (non-hydrogen) atoms. The number of rotatable bonds is 7. The summed E-state index contributed by atoms with van der Waals surface area (Å²) in [5.74, 6) is -0.708. The molecule has 0 aliphatic carbocycles. The molecule has 0 aromatic heterocycles. The molecule has 1 aromatic carbocycles. The van der Waals surface area contributed by atoms with Crippen LogP contribution in [0, 0.1) is 16.0 Å². The normalized spacial score (nSPS) is 13.6. The smallest absolute Gasteiger partial charge is 0.338 e. The van der Waals surface area contributed by atoms with Crippen molar-refractivity contribution < 1.29 is 14.8 Å². The number of anilines is 1. The van der Waals surface area contributed by atoms with Crippen LogP contribution in [0.1, 0.15) is 44.0 Å². The number of carboxylic acids is 1. The van der Waals surface area contributed by atoms with E-state index in [1.54, 1.807) is 0 Å². The fourth-order valence-corrected chi connectivity index (χ4v) is 2.10. The highest BCUT2D eigenvalue weighted by Crippen LogP contribution is 2.29. The highest BCUT2D eigenvalue weighted by Gasteiger charge is 2.22. The number of benzene rings is 1. The molecule has 0 saturated heterocycles. The van der Waals surface area contributed by atoms with Crippen LogP contribution in [0.4, 0.5) is 11.4 Å². The van der Waals surface area contributed by atoms with Crippen LogP contribution in [0.15, 0.2) is 18.2 Å². The zero-order chi connectivity index (χ0) is 15.3. The van der Waals surface area contributed by atoms with Crippen molar-refractivity contribution in [2.75, 3.05) is 5.32 Å². The van der Waals surface area contributed by atoms with Crippen LogP contribution in [-0.2, 0) is 0 Å². The van der Waals surface area contributed by atoms with Gasteiger partial charge >= 0.3 is 5.97 Å². The van der Waals surface area contributed by atoms with Crippen LogP contribution in [0.25, 0.3) is 0 Å². The Bertz CT molecular complexity index is 470. The van der Waals surface area contributed by atoms with E-state index in [0.29, 0.717) is 5.92 Å². The molecule has 0 amide bonds. The summed E-state index contributed by atoms with van der Waals surface area (Å²) in [6, 6.07) is 4.02. The van der Waals surface area contributed by atoms with E-state index in [9.17, 15) is 14.9 Å². The van der Waals surface area contributed by atoms with E-state index in [0.717, 1.165) is 12.8 Å². The number of nitrogens with one attached hydrogen (secondary N) is 1. The molecule has 2 N–H and O–H groups in total. The predicted octanol–water partition coefficient (Wildman–Crippen LogP) is 3.53. The maximum absolute atomic E-state index is 11.2. The summed E-state index contributed by atoms with van der Waals surface area (Å²) in [5.41, 5.74) is -0.197. The lowest BCUT2D eigenvalue weighted by atomic mass is 9.99. The number of carbonyl (C=O) groups is 1. The van der Waals surface area contributed by atoms with Gasteiger partial charge in [0.15, 0.2) is 0 Å². The number of aromatic carboxylic acids is 1. The number of carboxylic acid groups (broad SMARTS) is 1. The first kappa shape index (κ1) is 15.9. The Balaban J connectivity index is 3.07. The van der Waals surface area contributed by atoms with Gasteiger partial charge < -0.3 is 10.4 Å². The van der Waals surface area contributed by atoms with Gasteiger partial charge in [0.2, 0.25) is 0 Å². The predicted molar refractivity (Wildman–Crippen MR) is 77.2 cm³/mol. The van der Waals surface area contributed by atoms with E-state index in [-0.39, 0.29) is 23.0 Å². The van der Waals surface area contributed by atoms with E-state index in [4.69, 9.17) is 5.11 Å². The summed E-state index contributed by atoms with van der Waals surface area (Å²) in [4.78, 5) is 21.7. The third kappa shape index (κ3) is 3.94. The van der Waals surface area contributed by atoms with E-state index in [2.05, 4.69) is 19.2 Å². The minimum absolute atomic E-state index is 0.0378. The molecular weight excluding hydrogens is 260 g/mol. The first-order valence-electron chi connectivity index (χ1n) is 6.64. The van der Waals surface area contributed by atoms with Crippen LogP contribution in [-0.4, -0.2) is 22.0 Å². The molecule has 0 fully saturated rings. The Hall–Kier alpha value is -2.11. The van der Waals surface area contributed by atoms with Crippen molar-refractivity contribution in [3.05, 3.63) is 33.9 Å². The third-order valence-corrected chi connectivity index (χ3v) is 3.31. The average Bonchev–Trinajstić information content (AvgIpc) is 2.37. The van der Waals surface area contributed by atoms with E-state index in [1.807, 2.05) is 6.92 Å². The van der Waals surface area contributed by atoms with Crippen LogP contribution < -0.4 is 5.32 Å². The Morgan fingerprint density at radius 3 is 2.60 bits per heavy atom. The van der Waals surface area contributed by atoms with E-state index < -0.39 is 10.9 Å². The number of nitro benzene ring substituents is 1. The summed E-state index contributed by atoms with van der Waals surface area (Å²) in [5, 5.41) is 23.2. The molecule has 0 bridgehead atoms. The number of hydrogen-bond donors (Lipinski definition) is 2. The van der Waals surface area contributed by atoms with E-state index >= 15 is 0 Å². The van der Waals surface area contributed by atoms with Crippen LogP contribution in [0.2, 0.25) is 0 Å². The third-order valence-electron chi connectivity index (χ3n) is 3.31. The van der Waals surface area contributed by atoms with Crippen molar-refractivity contribution in [1.82, 2.24) is 0 Å². The highest BCUT2D eigenvalue weighted by molar-refractivity contribution is 5.96. The quantitative estimate of drug-likeness (QED) is 0.588. The number of hydrogen-bond acceptors (Lipinski definition) is 4. The second kappa shape index (κ2) is 6.88. The van der Waals surface area contributed by atoms with Gasteiger partial charge in [0.05, 0.1) is 10.5 Å². The van der Waals surface area contributed by atoms with Gasteiger partial charge in [-0.05, 0) is 25.3 Å². The molecule has 2 atom stereocenters. The maximum Gasteiger partial charge on any atom is 0.338 e. The van der Waals surface area contributed by atoms with Gasteiger partial charge in [-0.2, -0.15) is 0 Å². The van der Waals surface area contributed by atoms with Gasteiger partial charge in [-0.3, -0.25) is 10.1 Å². The molecule has 0 radical (unpaired) electrons. The number of para-hydroxylation sites is 1. The second-order valence-electron chi connectivity index (χ2n) is 5.06. The van der Waals surface area contributed by atoms with Gasteiger partial charge in [-0.25, -0.2) is 4.79 Å². The van der Waals surface area contributed by atoms with Gasteiger partial charge in [-0.1, -0.05) is 26.3 Å². The number of nitrogens with zero attached hydrogens (tertiary/aromatic N) is 1. The van der Waals surface area contributed by atoms with E-state index in [1.165, 1.54) is 18.2 Å². The topological polar surface area (TPSA) is 92.5 Å². The van der Waals surface area contributed by atoms with Gasteiger partial charge in [0.1, 0.15) is 5.69 Å². The first-order valence-corrected chi connectivity index (χ1v) is 6.64. The Morgan fingerprint density at radius 2 is 2.10 bits per heavy atom. The summed E-state index contributed by atoms with van der Waals surface area (Å²) >= 11 is 0. The monoisotopic (exact) mass is 280 g/mol. The molecule has 6 heteroatoms. The molecule has 1 rings (SSSR count). The van der Waals surface area contributed by atoms with Crippen LogP contribution >= 0.6 is 0 Å². The Morgan fingerprint density at radius 1 is 1.45 bits per heavy atom. The van der Waals surface area contributed by atoms with Gasteiger partial charge in [-0.15, -0.1) is 0 Å². The van der Waals surface area contributed by atoms with Crippen molar-refractivity contribution >= 4 is 17.3 Å². The second-order valence-corrected chi connectivity index (χ2v) is 5.06. The van der Waals surface area contributed by atoms with Crippen molar-refractivity contribution in [2.24, 2.45) is 5.92 Å². The molecule has 0 aliphatic rings. The first-order chi connectivity index (χ1) is 9.36. The maximum atomic E-state index is 11.2. The molecule has 1 aromatic rings. The molecular formula is C14H20N2O4. The molecule has 0 heterocycles. The molecule has 0 spiro atoms. The van der Waals surface area contributed by atoms with Crippen molar-refractivity contribution in [1.29, 1.82) is 0 Å². The molecule has 0 saturated carbocycles. The minimum Gasteiger partial charge on any atom is -0.478 e. The lowest BCUT2D eigenvalue weighted by molar-refractivity contribution is -0.384. The largest absolute Gasteiger partial charge is 0.478 e. The van der Waals surface area contributed by atoms with Gasteiger partial charge in [0, 0.05) is 12.1 Å². The minimum atomic E-state index is -1.17. The van der Waals surface area contributed by atoms with Crippen LogP contribution in [0.3, 0.4) is 0 Å². The Labute approximate surface area is 118 Å². The average molecular weight is 280 g/mol. The molecule has 6 nitrogen and oxygen atoms in total. The summed E-state index contributed by atoms with van der Waals surface area (Å²) in [7, 11) is 0. The SMILES string of the molecule is CCC(C)CC(C)Nc1c(C(=O)O)cccc1[N+](=O)[O-]. The zero-order valence-electron chi connectivity index (χ0n) is 11.9. The molecule has 110 valence electrons. The Kier molecular flexibility index (Phi) is 5.49. The van der Waals surface area contributed by atoms with Crippen LogP contribution in [0.5, 0.6) is 0 Å². The van der Waals surface area contributed by atoms with Crippen molar-refractivity contribution in [3.63, 3.8) is 0 Å². The van der Waals surface area contributed by atoms with Gasteiger partial charge in [0.25, 0.3) is 5.69 Å². The fraction of sp³-hybridized carbons (Fsp3) is 0.500. The van der Waals surface area contributed by atoms with Crippen molar-refractivity contribution in [2.45, 2.75) is 39.7 Å². The molecule has 2 unspecified atom stereocenters.